The average Bonchev–Trinajstić information content (AvgIpc) is 2.80. The molecular weight excluding hydrogens is 314 g/mol. The van der Waals surface area contributed by atoms with E-state index < -0.39 is 5.54 Å². The Morgan fingerprint density at radius 3 is 2.60 bits per heavy atom. The van der Waals surface area contributed by atoms with E-state index in [0.29, 0.717) is 0 Å². The van der Waals surface area contributed by atoms with Gasteiger partial charge in [0.05, 0.1) is 5.69 Å². The van der Waals surface area contributed by atoms with Crippen molar-refractivity contribution in [1.82, 2.24) is 9.78 Å². The largest absolute Gasteiger partial charge is 0.321 e. The molecule has 1 heterocycles. The lowest BCUT2D eigenvalue weighted by Gasteiger charge is -2.26. The predicted octanol–water partition coefficient (Wildman–Crippen LogP) is 3.64. The fraction of sp³-hybridized carbons (Fsp3) is 0.438. The third kappa shape index (κ3) is 3.13. The van der Waals surface area contributed by atoms with Gasteiger partial charge in [-0.1, -0.05) is 41.1 Å². The van der Waals surface area contributed by atoms with Crippen LogP contribution in [0, 0.1) is 0 Å². The van der Waals surface area contributed by atoms with E-state index in [1.54, 1.807) is 0 Å². The highest BCUT2D eigenvalue weighted by atomic mass is 79.9. The lowest BCUT2D eigenvalue weighted by atomic mass is 9.88. The van der Waals surface area contributed by atoms with Gasteiger partial charge in [0.1, 0.15) is 0 Å². The van der Waals surface area contributed by atoms with E-state index in [9.17, 15) is 0 Å². The summed E-state index contributed by atoms with van der Waals surface area (Å²) in [6.07, 6.45) is 1.73. The van der Waals surface area contributed by atoms with Crippen LogP contribution in [0.1, 0.15) is 37.7 Å². The molecule has 0 aliphatic carbocycles. The molecule has 0 saturated heterocycles. The van der Waals surface area contributed by atoms with E-state index in [1.807, 2.05) is 18.2 Å². The number of hydrogen-bond acceptors (Lipinski definition) is 2. The van der Waals surface area contributed by atoms with E-state index in [2.05, 4.69) is 58.6 Å². The highest BCUT2D eigenvalue weighted by molar-refractivity contribution is 9.10. The molecule has 108 valence electrons. The molecule has 4 heteroatoms. The van der Waals surface area contributed by atoms with Crippen LogP contribution in [0.2, 0.25) is 0 Å². The fourth-order valence-corrected chi connectivity index (χ4v) is 3.24. The van der Waals surface area contributed by atoms with Gasteiger partial charge in [-0.3, -0.25) is 4.68 Å². The zero-order valence-corrected chi connectivity index (χ0v) is 13.9. The second-order valence-corrected chi connectivity index (χ2v) is 6.22. The Morgan fingerprint density at radius 2 is 2.00 bits per heavy atom. The van der Waals surface area contributed by atoms with E-state index >= 15 is 0 Å². The fourth-order valence-electron chi connectivity index (χ4n) is 2.50. The van der Waals surface area contributed by atoms with Crippen LogP contribution in [0.25, 0.3) is 0 Å². The average molecular weight is 336 g/mol. The van der Waals surface area contributed by atoms with Gasteiger partial charge in [0.2, 0.25) is 0 Å². The first kappa shape index (κ1) is 15.3. The Morgan fingerprint density at radius 1 is 1.30 bits per heavy atom. The lowest BCUT2D eigenvalue weighted by molar-refractivity contribution is 0.462. The minimum atomic E-state index is -0.419. The number of rotatable bonds is 5. The maximum Gasteiger partial charge on any atom is 0.0624 e. The molecule has 2 N–H and O–H groups in total. The first-order chi connectivity index (χ1) is 9.47. The van der Waals surface area contributed by atoms with Crippen LogP contribution in [0.5, 0.6) is 0 Å². The van der Waals surface area contributed by atoms with Gasteiger partial charge in [0.15, 0.2) is 0 Å². The Kier molecular flexibility index (Phi) is 4.66. The molecule has 0 fully saturated rings. The number of aryl methyl sites for hydroxylation is 2. The highest BCUT2D eigenvalue weighted by Gasteiger charge is 2.25. The van der Waals surface area contributed by atoms with Crippen molar-refractivity contribution in [1.29, 1.82) is 0 Å². The third-order valence-electron chi connectivity index (χ3n) is 3.61. The normalized spacial score (nSPS) is 14.2. The Balaban J connectivity index is 2.33. The zero-order chi connectivity index (χ0) is 14.8. The molecule has 3 nitrogen and oxygen atoms in total. The molecule has 1 aromatic heterocycles. The van der Waals surface area contributed by atoms with Gasteiger partial charge in [-0.15, -0.1) is 0 Å². The van der Waals surface area contributed by atoms with Crippen molar-refractivity contribution in [2.75, 3.05) is 0 Å². The van der Waals surface area contributed by atoms with E-state index in [4.69, 9.17) is 5.73 Å². The smallest absolute Gasteiger partial charge is 0.0624 e. The molecule has 0 aliphatic heterocycles. The van der Waals surface area contributed by atoms with E-state index in [-0.39, 0.29) is 0 Å². The van der Waals surface area contributed by atoms with Crippen LogP contribution in [0.4, 0.5) is 0 Å². The molecule has 1 atom stereocenters. The van der Waals surface area contributed by atoms with Gasteiger partial charge >= 0.3 is 0 Å². The molecular formula is C16H22BrN3. The number of halogens is 1. The molecule has 2 rings (SSSR count). The van der Waals surface area contributed by atoms with Crippen molar-refractivity contribution in [3.05, 3.63) is 51.8 Å². The lowest BCUT2D eigenvalue weighted by Crippen LogP contribution is -2.36. The van der Waals surface area contributed by atoms with E-state index in [0.717, 1.165) is 35.1 Å². The van der Waals surface area contributed by atoms with Gasteiger partial charge < -0.3 is 5.73 Å². The summed E-state index contributed by atoms with van der Waals surface area (Å²) in [7, 11) is 0. The number of nitrogens with two attached hydrogens (primary N) is 1. The Bertz CT molecular complexity index is 587. The van der Waals surface area contributed by atoms with Gasteiger partial charge in [-0.25, -0.2) is 0 Å². The second-order valence-electron chi connectivity index (χ2n) is 5.37. The molecule has 0 radical (unpaired) electrons. The first-order valence-electron chi connectivity index (χ1n) is 7.07. The SMILES string of the molecule is CCc1cc(CC(C)(N)c2ccccc2Br)n(CC)n1. The minimum Gasteiger partial charge on any atom is -0.321 e. The van der Waals surface area contributed by atoms with Crippen molar-refractivity contribution >= 4 is 15.9 Å². The molecule has 2 aromatic rings. The Hall–Kier alpha value is -1.13. The van der Waals surface area contributed by atoms with Crippen LogP contribution in [0.15, 0.2) is 34.8 Å². The quantitative estimate of drug-likeness (QED) is 0.906. The summed E-state index contributed by atoms with van der Waals surface area (Å²) >= 11 is 3.60. The Labute approximate surface area is 129 Å². The van der Waals surface area contributed by atoms with Gasteiger partial charge in [0, 0.05) is 28.7 Å². The summed E-state index contributed by atoms with van der Waals surface area (Å²) < 4.78 is 3.11. The molecule has 1 unspecified atom stereocenters. The number of aromatic nitrogens is 2. The van der Waals surface area contributed by atoms with Crippen molar-refractivity contribution < 1.29 is 0 Å². The first-order valence-corrected chi connectivity index (χ1v) is 7.86. The van der Waals surface area contributed by atoms with E-state index in [1.165, 1.54) is 5.69 Å². The number of hydrogen-bond donors (Lipinski definition) is 1. The highest BCUT2D eigenvalue weighted by Crippen LogP contribution is 2.29. The standard InChI is InChI=1S/C16H22BrN3/c1-4-12-10-13(20(5-2)19-12)11-16(3,18)14-8-6-7-9-15(14)17/h6-10H,4-5,11,18H2,1-3H3. The molecule has 0 saturated carbocycles. The maximum absolute atomic E-state index is 6.57. The number of nitrogens with zero attached hydrogens (tertiary/aromatic N) is 2. The van der Waals surface area contributed by atoms with Crippen LogP contribution in [-0.4, -0.2) is 9.78 Å². The van der Waals surface area contributed by atoms with Gasteiger partial charge in [-0.05, 0) is 38.0 Å². The second kappa shape index (κ2) is 6.10. The van der Waals surface area contributed by atoms with Crippen LogP contribution in [-0.2, 0) is 24.9 Å². The monoisotopic (exact) mass is 335 g/mol. The van der Waals surface area contributed by atoms with Crippen molar-refractivity contribution in [3.63, 3.8) is 0 Å². The molecule has 0 amide bonds. The minimum absolute atomic E-state index is 0.419. The third-order valence-corrected chi connectivity index (χ3v) is 4.30. The molecule has 20 heavy (non-hydrogen) atoms. The van der Waals surface area contributed by atoms with Crippen molar-refractivity contribution in [2.24, 2.45) is 5.73 Å². The molecule has 0 aliphatic rings. The summed E-state index contributed by atoms with van der Waals surface area (Å²) in [4.78, 5) is 0. The predicted molar refractivity (Wildman–Crippen MR) is 86.7 cm³/mol. The molecule has 1 aromatic carbocycles. The molecule has 0 bridgehead atoms. The van der Waals surface area contributed by atoms with Gasteiger partial charge in [-0.2, -0.15) is 5.10 Å². The van der Waals surface area contributed by atoms with Gasteiger partial charge in [0.25, 0.3) is 0 Å². The van der Waals surface area contributed by atoms with Crippen LogP contribution in [0.3, 0.4) is 0 Å². The number of benzene rings is 1. The maximum atomic E-state index is 6.57. The molecule has 0 spiro atoms. The zero-order valence-electron chi connectivity index (χ0n) is 12.4. The van der Waals surface area contributed by atoms with Crippen LogP contribution < -0.4 is 5.73 Å². The summed E-state index contributed by atoms with van der Waals surface area (Å²) in [5.41, 5.74) is 9.61. The summed E-state index contributed by atoms with van der Waals surface area (Å²) in [6, 6.07) is 10.3. The van der Waals surface area contributed by atoms with Crippen molar-refractivity contribution in [2.45, 2.75) is 45.7 Å². The topological polar surface area (TPSA) is 43.8 Å². The summed E-state index contributed by atoms with van der Waals surface area (Å²) in [6.45, 7) is 7.19. The van der Waals surface area contributed by atoms with Crippen molar-refractivity contribution in [3.8, 4) is 0 Å². The van der Waals surface area contributed by atoms with Crippen LogP contribution >= 0.6 is 15.9 Å². The summed E-state index contributed by atoms with van der Waals surface area (Å²) in [5.74, 6) is 0. The summed E-state index contributed by atoms with van der Waals surface area (Å²) in [5, 5.41) is 4.60.